The highest BCUT2D eigenvalue weighted by atomic mass is 28.4. The van der Waals surface area contributed by atoms with Crippen LogP contribution in [-0.2, 0) is 8.85 Å². The van der Waals surface area contributed by atoms with E-state index in [0.29, 0.717) is 11.5 Å². The Bertz CT molecular complexity index is 287. The molecule has 0 aliphatic carbocycles. The van der Waals surface area contributed by atoms with Gasteiger partial charge in [0.05, 0.1) is 0 Å². The third-order valence-corrected chi connectivity index (χ3v) is 7.59. The molecule has 0 aliphatic rings. The van der Waals surface area contributed by atoms with E-state index in [1.165, 1.54) is 18.6 Å². The quantitative estimate of drug-likeness (QED) is 0.366. The molecule has 0 spiro atoms. The highest BCUT2D eigenvalue weighted by Crippen LogP contribution is 2.32. The Morgan fingerprint density at radius 3 is 2.05 bits per heavy atom. The van der Waals surface area contributed by atoms with Crippen LogP contribution in [0.5, 0.6) is 0 Å². The normalized spacial score (nSPS) is 14.8. The van der Waals surface area contributed by atoms with E-state index in [0.717, 1.165) is 32.6 Å². The van der Waals surface area contributed by atoms with Crippen molar-refractivity contribution in [2.24, 2.45) is 10.9 Å². The molecule has 0 aliphatic heterocycles. The predicted octanol–water partition coefficient (Wildman–Crippen LogP) is 5.20. The van der Waals surface area contributed by atoms with Gasteiger partial charge in [0.25, 0.3) is 0 Å². The first kappa shape index (κ1) is 20.8. The van der Waals surface area contributed by atoms with Crippen LogP contribution in [0.4, 0.5) is 0 Å². The van der Waals surface area contributed by atoms with Crippen molar-refractivity contribution in [1.82, 2.24) is 0 Å². The number of hydrogen-bond donors (Lipinski definition) is 0. The fraction of sp³-hybridized carbons (Fsp3) is 0.941. The van der Waals surface area contributed by atoms with E-state index >= 15 is 0 Å². The van der Waals surface area contributed by atoms with Gasteiger partial charge in [-0.3, -0.25) is 4.99 Å². The summed E-state index contributed by atoms with van der Waals surface area (Å²) < 4.78 is 12.1. The number of nitrogens with zero attached hydrogens (tertiary/aromatic N) is 1. The molecule has 0 fully saturated rings. The van der Waals surface area contributed by atoms with E-state index in [1.807, 2.05) is 0 Å². The Morgan fingerprint density at radius 2 is 1.62 bits per heavy atom. The molecule has 0 rings (SSSR count). The Labute approximate surface area is 133 Å². The maximum absolute atomic E-state index is 6.07. The van der Waals surface area contributed by atoms with E-state index in [2.05, 4.69) is 48.1 Å². The molecular formula is C17H37NO2Si. The van der Waals surface area contributed by atoms with Gasteiger partial charge in [-0.2, -0.15) is 0 Å². The Kier molecular flexibility index (Phi) is 11.3. The summed E-state index contributed by atoms with van der Waals surface area (Å²) in [5.41, 5.74) is 1.81. The summed E-state index contributed by atoms with van der Waals surface area (Å²) in [6.45, 7) is 17.6. The molecule has 21 heavy (non-hydrogen) atoms. The smallest absolute Gasteiger partial charge is 0.338 e. The lowest BCUT2D eigenvalue weighted by Gasteiger charge is -2.33. The first-order valence-corrected chi connectivity index (χ1v) is 11.1. The molecule has 0 aromatic heterocycles. The number of hydrogen-bond acceptors (Lipinski definition) is 3. The van der Waals surface area contributed by atoms with Crippen LogP contribution in [0, 0.1) is 5.92 Å². The zero-order valence-corrected chi connectivity index (χ0v) is 16.4. The maximum Gasteiger partial charge on any atom is 0.338 e. The molecule has 0 amide bonds. The van der Waals surface area contributed by atoms with Gasteiger partial charge in [-0.25, -0.2) is 0 Å². The minimum Gasteiger partial charge on any atom is -0.394 e. The van der Waals surface area contributed by atoms with Crippen molar-refractivity contribution in [1.29, 1.82) is 0 Å². The van der Waals surface area contributed by atoms with Crippen molar-refractivity contribution in [2.75, 3.05) is 19.8 Å². The summed E-state index contributed by atoms with van der Waals surface area (Å²) in [4.78, 5) is 4.75. The molecule has 0 heterocycles. The van der Waals surface area contributed by atoms with Gasteiger partial charge in [0, 0.05) is 31.0 Å². The van der Waals surface area contributed by atoms with Gasteiger partial charge in [-0.1, -0.05) is 27.2 Å². The Hall–Kier alpha value is -0.193. The largest absolute Gasteiger partial charge is 0.394 e. The van der Waals surface area contributed by atoms with Crippen LogP contribution in [0.25, 0.3) is 0 Å². The van der Waals surface area contributed by atoms with E-state index in [-0.39, 0.29) is 0 Å². The lowest BCUT2D eigenvalue weighted by Crippen LogP contribution is -2.44. The van der Waals surface area contributed by atoms with Gasteiger partial charge in [0.1, 0.15) is 0 Å². The monoisotopic (exact) mass is 315 g/mol. The van der Waals surface area contributed by atoms with Crippen molar-refractivity contribution in [3.8, 4) is 0 Å². The Morgan fingerprint density at radius 1 is 1.05 bits per heavy atom. The van der Waals surface area contributed by atoms with E-state index in [9.17, 15) is 0 Å². The molecule has 0 aromatic carbocycles. The molecule has 0 saturated carbocycles. The van der Waals surface area contributed by atoms with Crippen molar-refractivity contribution in [3.63, 3.8) is 0 Å². The predicted molar refractivity (Wildman–Crippen MR) is 95.6 cm³/mol. The van der Waals surface area contributed by atoms with Crippen LogP contribution in [0.15, 0.2) is 4.99 Å². The second-order valence-electron chi connectivity index (χ2n) is 6.37. The molecule has 1 atom stereocenters. The molecule has 0 bridgehead atoms. The second kappa shape index (κ2) is 11.4. The van der Waals surface area contributed by atoms with E-state index in [4.69, 9.17) is 13.8 Å². The third kappa shape index (κ3) is 8.74. The lowest BCUT2D eigenvalue weighted by molar-refractivity contribution is 0.175. The number of aliphatic imine (C=N–C) groups is 1. The standard InChI is InChI=1S/C17H37NO2Si/c1-8-11-17(21(7,19-9-2)20-10-3)12-13-18-16(6)14-15(4)5/h15,17H,8-14H2,1-7H3. The Balaban J connectivity index is 4.65. The fourth-order valence-corrected chi connectivity index (χ4v) is 6.10. The fourth-order valence-electron chi connectivity index (χ4n) is 2.93. The molecular weight excluding hydrogens is 278 g/mol. The topological polar surface area (TPSA) is 30.8 Å². The highest BCUT2D eigenvalue weighted by Gasteiger charge is 2.39. The summed E-state index contributed by atoms with van der Waals surface area (Å²) in [6, 6.07) is 0. The van der Waals surface area contributed by atoms with Crippen LogP contribution in [-0.4, -0.2) is 34.0 Å². The maximum atomic E-state index is 6.07. The minimum absolute atomic E-state index is 0.540. The lowest BCUT2D eigenvalue weighted by atomic mass is 10.1. The van der Waals surface area contributed by atoms with Gasteiger partial charge in [0.15, 0.2) is 0 Å². The molecule has 4 heteroatoms. The van der Waals surface area contributed by atoms with Crippen LogP contribution >= 0.6 is 0 Å². The van der Waals surface area contributed by atoms with Crippen molar-refractivity contribution in [2.45, 2.75) is 79.3 Å². The van der Waals surface area contributed by atoms with Crippen LogP contribution < -0.4 is 0 Å². The van der Waals surface area contributed by atoms with E-state index < -0.39 is 8.56 Å². The van der Waals surface area contributed by atoms with Crippen LogP contribution in [0.2, 0.25) is 12.1 Å². The molecule has 3 nitrogen and oxygen atoms in total. The second-order valence-corrected chi connectivity index (χ2v) is 9.80. The summed E-state index contributed by atoms with van der Waals surface area (Å²) >= 11 is 0. The highest BCUT2D eigenvalue weighted by molar-refractivity contribution is 6.67. The molecule has 126 valence electrons. The van der Waals surface area contributed by atoms with E-state index in [1.54, 1.807) is 0 Å². The summed E-state index contributed by atoms with van der Waals surface area (Å²) in [5, 5.41) is 0. The number of rotatable bonds is 12. The minimum atomic E-state index is -2.07. The summed E-state index contributed by atoms with van der Waals surface area (Å²) in [5.74, 6) is 0.687. The summed E-state index contributed by atoms with van der Waals surface area (Å²) in [6.07, 6.45) is 4.56. The zero-order valence-electron chi connectivity index (χ0n) is 15.4. The summed E-state index contributed by atoms with van der Waals surface area (Å²) in [7, 11) is -2.07. The van der Waals surface area contributed by atoms with Crippen LogP contribution in [0.3, 0.4) is 0 Å². The first-order chi connectivity index (χ1) is 9.89. The van der Waals surface area contributed by atoms with Gasteiger partial charge in [-0.15, -0.1) is 0 Å². The van der Waals surface area contributed by atoms with Crippen molar-refractivity contribution < 1.29 is 8.85 Å². The molecule has 0 radical (unpaired) electrons. The van der Waals surface area contributed by atoms with Crippen molar-refractivity contribution >= 4 is 14.3 Å². The average molecular weight is 316 g/mol. The molecule has 1 unspecified atom stereocenters. The first-order valence-electron chi connectivity index (χ1n) is 8.67. The molecule has 0 saturated heterocycles. The van der Waals surface area contributed by atoms with Gasteiger partial charge >= 0.3 is 8.56 Å². The van der Waals surface area contributed by atoms with Crippen LogP contribution in [0.1, 0.15) is 67.2 Å². The average Bonchev–Trinajstić information content (AvgIpc) is 2.37. The third-order valence-electron chi connectivity index (χ3n) is 3.80. The van der Waals surface area contributed by atoms with Gasteiger partial charge in [0.2, 0.25) is 0 Å². The molecule has 0 N–H and O–H groups in total. The SMILES string of the molecule is CCCC(CCN=C(C)CC(C)C)[Si](C)(OCC)OCC. The van der Waals surface area contributed by atoms with Gasteiger partial charge < -0.3 is 8.85 Å². The van der Waals surface area contributed by atoms with Crippen molar-refractivity contribution in [3.05, 3.63) is 0 Å². The molecule has 0 aromatic rings. The van der Waals surface area contributed by atoms with Gasteiger partial charge in [-0.05, 0) is 52.5 Å². The zero-order chi connectivity index (χ0) is 16.3.